The molecule has 0 spiro atoms. The van der Waals surface area contributed by atoms with Gasteiger partial charge in [0.1, 0.15) is 5.82 Å². The molecule has 0 radical (unpaired) electrons. The minimum Gasteiger partial charge on any atom is -0.336 e. The van der Waals surface area contributed by atoms with Crippen LogP contribution >= 0.6 is 11.3 Å². The van der Waals surface area contributed by atoms with E-state index in [9.17, 15) is 4.79 Å². The minimum atomic E-state index is 0.0833. The maximum Gasteiger partial charge on any atom is 0.254 e. The summed E-state index contributed by atoms with van der Waals surface area (Å²) in [5.41, 5.74) is 1.93. The summed E-state index contributed by atoms with van der Waals surface area (Å²) in [5, 5.41) is 4.21. The van der Waals surface area contributed by atoms with Gasteiger partial charge in [-0.05, 0) is 44.9 Å². The number of pyridine rings is 1. The van der Waals surface area contributed by atoms with Crippen molar-refractivity contribution in [3.8, 4) is 0 Å². The van der Waals surface area contributed by atoms with Gasteiger partial charge in [0.2, 0.25) is 0 Å². The summed E-state index contributed by atoms with van der Waals surface area (Å²) < 4.78 is 0. The van der Waals surface area contributed by atoms with Gasteiger partial charge in [0.05, 0.1) is 5.69 Å². The monoisotopic (exact) mass is 385 g/mol. The van der Waals surface area contributed by atoms with Crippen molar-refractivity contribution in [2.24, 2.45) is 0 Å². The highest BCUT2D eigenvalue weighted by atomic mass is 32.1. The quantitative estimate of drug-likeness (QED) is 0.878. The Kier molecular flexibility index (Phi) is 5.69. The van der Waals surface area contributed by atoms with Crippen LogP contribution in [0.25, 0.3) is 0 Å². The molecule has 4 rings (SSSR count). The van der Waals surface area contributed by atoms with Gasteiger partial charge in [0.25, 0.3) is 5.91 Å². The number of thiazole rings is 1. The number of carbonyl (C=O) groups is 1. The predicted octanol–water partition coefficient (Wildman–Crippen LogP) is 3.33. The van der Waals surface area contributed by atoms with Crippen LogP contribution in [0.1, 0.15) is 46.6 Å². The van der Waals surface area contributed by atoms with E-state index < -0.39 is 0 Å². The summed E-state index contributed by atoms with van der Waals surface area (Å²) in [6.07, 6.45) is 9.00. The Hall–Kier alpha value is -1.99. The van der Waals surface area contributed by atoms with E-state index in [1.54, 1.807) is 23.6 Å². The zero-order chi connectivity index (χ0) is 18.6. The first-order chi connectivity index (χ1) is 13.2. The lowest BCUT2D eigenvalue weighted by molar-refractivity contribution is 0.0664. The fraction of sp³-hybridized carbons (Fsp3) is 0.550. The highest BCUT2D eigenvalue weighted by Crippen LogP contribution is 2.30. The molecule has 2 aromatic rings. The number of aromatic nitrogens is 2. The maximum atomic E-state index is 12.8. The van der Waals surface area contributed by atoms with Gasteiger partial charge in [-0.1, -0.05) is 12.8 Å². The molecular formula is C20H27N5OS. The second kappa shape index (κ2) is 8.35. The highest BCUT2D eigenvalue weighted by molar-refractivity contribution is 7.15. The van der Waals surface area contributed by atoms with E-state index in [0.29, 0.717) is 11.4 Å². The van der Waals surface area contributed by atoms with Gasteiger partial charge in [-0.25, -0.2) is 9.97 Å². The van der Waals surface area contributed by atoms with Gasteiger partial charge in [0, 0.05) is 42.8 Å². The molecule has 2 aromatic heterocycles. The van der Waals surface area contributed by atoms with E-state index in [0.717, 1.165) is 44.2 Å². The fourth-order valence-electron chi connectivity index (χ4n) is 3.69. The number of fused-ring (bicyclic) bond motifs is 1. The van der Waals surface area contributed by atoms with Gasteiger partial charge in [-0.15, -0.1) is 11.3 Å². The average molecular weight is 386 g/mol. The molecule has 1 N–H and O–H groups in total. The van der Waals surface area contributed by atoms with Gasteiger partial charge < -0.3 is 15.1 Å². The van der Waals surface area contributed by atoms with Crippen LogP contribution in [0.4, 0.5) is 10.9 Å². The van der Waals surface area contributed by atoms with E-state index in [1.165, 1.54) is 36.3 Å². The first-order valence-corrected chi connectivity index (χ1v) is 10.7. The largest absolute Gasteiger partial charge is 0.336 e. The molecule has 1 amide bonds. The van der Waals surface area contributed by atoms with Crippen LogP contribution in [0.15, 0.2) is 18.3 Å². The van der Waals surface area contributed by atoms with Gasteiger partial charge in [0.15, 0.2) is 5.13 Å². The molecule has 1 saturated heterocycles. The number of likely N-dealkylation sites (N-methyl/N-ethyl adjacent to an activating group) is 1. The number of nitrogens with zero attached hydrogens (tertiary/aromatic N) is 4. The molecular weight excluding hydrogens is 358 g/mol. The zero-order valence-corrected chi connectivity index (χ0v) is 16.7. The maximum absolute atomic E-state index is 12.8. The zero-order valence-electron chi connectivity index (χ0n) is 15.9. The van der Waals surface area contributed by atoms with Gasteiger partial charge >= 0.3 is 0 Å². The van der Waals surface area contributed by atoms with Crippen LogP contribution in [-0.2, 0) is 12.8 Å². The first-order valence-electron chi connectivity index (χ1n) is 9.88. The number of anilines is 2. The van der Waals surface area contributed by atoms with Crippen molar-refractivity contribution >= 4 is 28.2 Å². The van der Waals surface area contributed by atoms with Crippen molar-refractivity contribution in [1.29, 1.82) is 0 Å². The third-order valence-electron chi connectivity index (χ3n) is 5.38. The molecule has 0 saturated carbocycles. The van der Waals surface area contributed by atoms with Crippen molar-refractivity contribution in [3.63, 3.8) is 0 Å². The number of rotatable bonds is 3. The number of hydrogen-bond acceptors (Lipinski definition) is 6. The Bertz CT molecular complexity index is 772. The first kappa shape index (κ1) is 18.4. The molecule has 1 aliphatic carbocycles. The normalized spacial score (nSPS) is 18.5. The molecule has 2 aliphatic rings. The number of piperazine rings is 1. The lowest BCUT2D eigenvalue weighted by atomic mass is 10.0. The van der Waals surface area contributed by atoms with Gasteiger partial charge in [-0.2, -0.15) is 0 Å². The molecule has 0 bridgehead atoms. The number of nitrogens with one attached hydrogen (secondary N) is 1. The predicted molar refractivity (Wildman–Crippen MR) is 109 cm³/mol. The number of carbonyl (C=O) groups excluding carboxylic acids is 1. The lowest BCUT2D eigenvalue weighted by Crippen LogP contribution is -2.47. The smallest absolute Gasteiger partial charge is 0.254 e. The lowest BCUT2D eigenvalue weighted by Gasteiger charge is -2.32. The van der Waals surface area contributed by atoms with E-state index in [2.05, 4.69) is 22.2 Å². The molecule has 27 heavy (non-hydrogen) atoms. The Morgan fingerprint density at radius 1 is 1.11 bits per heavy atom. The SMILES string of the molecule is CN1CCN(C(=O)c2ccnc(Nc3nc4c(s3)CCCCCC4)c2)CC1. The summed E-state index contributed by atoms with van der Waals surface area (Å²) >= 11 is 1.73. The van der Waals surface area contributed by atoms with E-state index in [-0.39, 0.29) is 5.91 Å². The number of aryl methyl sites for hydroxylation is 2. The third-order valence-corrected chi connectivity index (χ3v) is 6.45. The third kappa shape index (κ3) is 4.47. The average Bonchev–Trinajstić information content (AvgIpc) is 3.02. The Labute approximate surface area is 164 Å². The topological polar surface area (TPSA) is 61.4 Å². The molecule has 0 unspecified atom stereocenters. The van der Waals surface area contributed by atoms with Crippen LogP contribution in [-0.4, -0.2) is 58.9 Å². The van der Waals surface area contributed by atoms with E-state index in [4.69, 9.17) is 4.98 Å². The molecule has 3 heterocycles. The fourth-order valence-corrected chi connectivity index (χ4v) is 4.75. The molecule has 0 atom stereocenters. The summed E-state index contributed by atoms with van der Waals surface area (Å²) in [5.74, 6) is 0.775. The van der Waals surface area contributed by atoms with E-state index in [1.807, 2.05) is 11.0 Å². The highest BCUT2D eigenvalue weighted by Gasteiger charge is 2.21. The summed E-state index contributed by atoms with van der Waals surface area (Å²) in [6.45, 7) is 3.40. The van der Waals surface area contributed by atoms with Crippen molar-refractivity contribution < 1.29 is 4.79 Å². The number of hydrogen-bond donors (Lipinski definition) is 1. The van der Waals surface area contributed by atoms with Crippen LogP contribution in [0.3, 0.4) is 0 Å². The second-order valence-electron chi connectivity index (χ2n) is 7.45. The summed E-state index contributed by atoms with van der Waals surface area (Å²) in [7, 11) is 2.09. The Balaban J connectivity index is 1.46. The molecule has 0 aromatic carbocycles. The van der Waals surface area contributed by atoms with Crippen LogP contribution in [0.2, 0.25) is 0 Å². The number of amides is 1. The molecule has 1 fully saturated rings. The standard InChI is InChI=1S/C20H27N5OS/c1-24-10-12-25(13-11-24)19(26)15-8-9-21-18(14-15)23-20-22-16-6-4-2-3-5-7-17(16)27-20/h8-9,14H,2-7,10-13H2,1H3,(H,21,22,23). The van der Waals surface area contributed by atoms with Crippen molar-refractivity contribution in [1.82, 2.24) is 19.8 Å². The van der Waals surface area contributed by atoms with Crippen molar-refractivity contribution in [2.75, 3.05) is 38.5 Å². The minimum absolute atomic E-state index is 0.0833. The molecule has 6 nitrogen and oxygen atoms in total. The van der Waals surface area contributed by atoms with Crippen LogP contribution in [0.5, 0.6) is 0 Å². The second-order valence-corrected chi connectivity index (χ2v) is 8.54. The summed E-state index contributed by atoms with van der Waals surface area (Å²) in [6, 6.07) is 3.65. The molecule has 144 valence electrons. The van der Waals surface area contributed by atoms with Crippen LogP contribution < -0.4 is 5.32 Å². The van der Waals surface area contributed by atoms with E-state index >= 15 is 0 Å². The molecule has 7 heteroatoms. The van der Waals surface area contributed by atoms with Crippen molar-refractivity contribution in [3.05, 3.63) is 34.5 Å². The van der Waals surface area contributed by atoms with Crippen LogP contribution in [0, 0.1) is 0 Å². The summed E-state index contributed by atoms with van der Waals surface area (Å²) in [4.78, 5) is 27.5. The van der Waals surface area contributed by atoms with Gasteiger partial charge in [-0.3, -0.25) is 4.79 Å². The van der Waals surface area contributed by atoms with Crippen molar-refractivity contribution in [2.45, 2.75) is 38.5 Å². The Morgan fingerprint density at radius 3 is 2.70 bits per heavy atom. The molecule has 1 aliphatic heterocycles. The Morgan fingerprint density at radius 2 is 1.89 bits per heavy atom.